The summed E-state index contributed by atoms with van der Waals surface area (Å²) in [6, 6.07) is 9.01. The van der Waals surface area contributed by atoms with Crippen molar-refractivity contribution < 1.29 is 8.78 Å². The van der Waals surface area contributed by atoms with E-state index in [1.807, 2.05) is 13.8 Å². The molecule has 0 aromatic heterocycles. The normalized spacial score (nSPS) is 12.4. The first kappa shape index (κ1) is 14.9. The van der Waals surface area contributed by atoms with E-state index in [4.69, 9.17) is 11.6 Å². The van der Waals surface area contributed by atoms with Crippen LogP contribution < -0.4 is 5.32 Å². The lowest BCUT2D eigenvalue weighted by atomic mass is 9.99. The topological polar surface area (TPSA) is 12.0 Å². The lowest BCUT2D eigenvalue weighted by Gasteiger charge is -2.14. The summed E-state index contributed by atoms with van der Waals surface area (Å²) in [7, 11) is 0. The van der Waals surface area contributed by atoms with Crippen LogP contribution in [-0.2, 0) is 0 Å². The molecule has 0 saturated carbocycles. The van der Waals surface area contributed by atoms with E-state index in [9.17, 15) is 8.78 Å². The largest absolute Gasteiger partial charge is 0.310 e. The standard InChI is InChI=1S/C16H16ClF2N/c1-3-20-10(2)11-4-5-16(19)15(8-11)12-6-13(17)9-14(18)7-12/h4-10,20H,3H2,1-2H3. The molecule has 2 aromatic carbocycles. The van der Waals surface area contributed by atoms with E-state index in [1.165, 1.54) is 18.2 Å². The highest BCUT2D eigenvalue weighted by molar-refractivity contribution is 6.30. The quantitative estimate of drug-likeness (QED) is 0.841. The van der Waals surface area contributed by atoms with Crippen LogP contribution in [0.1, 0.15) is 25.5 Å². The lowest BCUT2D eigenvalue weighted by Crippen LogP contribution is -2.17. The molecular formula is C16H16ClF2N. The summed E-state index contributed by atoms with van der Waals surface area (Å²) in [6.07, 6.45) is 0. The molecule has 0 aliphatic rings. The molecule has 0 aliphatic heterocycles. The molecule has 0 aliphatic carbocycles. The van der Waals surface area contributed by atoms with Crippen LogP contribution in [0.25, 0.3) is 11.1 Å². The molecule has 1 N–H and O–H groups in total. The first-order valence-corrected chi connectivity index (χ1v) is 6.88. The Hall–Kier alpha value is -1.45. The van der Waals surface area contributed by atoms with Crippen LogP contribution in [0.5, 0.6) is 0 Å². The van der Waals surface area contributed by atoms with Gasteiger partial charge in [0.25, 0.3) is 0 Å². The second-order valence-corrected chi connectivity index (χ2v) is 5.11. The van der Waals surface area contributed by atoms with E-state index >= 15 is 0 Å². The second kappa shape index (κ2) is 6.33. The predicted octanol–water partition coefficient (Wildman–Crippen LogP) is 4.96. The Bertz CT molecular complexity index is 593. The lowest BCUT2D eigenvalue weighted by molar-refractivity contribution is 0.592. The van der Waals surface area contributed by atoms with E-state index in [-0.39, 0.29) is 16.9 Å². The van der Waals surface area contributed by atoms with Gasteiger partial charge >= 0.3 is 0 Å². The molecule has 0 amide bonds. The van der Waals surface area contributed by atoms with Crippen molar-refractivity contribution in [3.63, 3.8) is 0 Å². The zero-order valence-electron chi connectivity index (χ0n) is 11.4. The third-order valence-corrected chi connectivity index (χ3v) is 3.39. The van der Waals surface area contributed by atoms with Crippen molar-refractivity contribution in [3.8, 4) is 11.1 Å². The molecule has 0 bridgehead atoms. The van der Waals surface area contributed by atoms with E-state index in [0.29, 0.717) is 11.1 Å². The molecule has 106 valence electrons. The van der Waals surface area contributed by atoms with E-state index in [1.54, 1.807) is 18.2 Å². The zero-order chi connectivity index (χ0) is 14.7. The maximum absolute atomic E-state index is 14.0. The summed E-state index contributed by atoms with van der Waals surface area (Å²) < 4.78 is 27.4. The van der Waals surface area contributed by atoms with Gasteiger partial charge in [-0.05, 0) is 54.9 Å². The monoisotopic (exact) mass is 295 g/mol. The Morgan fingerprint density at radius 1 is 1.15 bits per heavy atom. The van der Waals surface area contributed by atoms with Crippen molar-refractivity contribution in [3.05, 3.63) is 58.6 Å². The van der Waals surface area contributed by atoms with E-state index in [0.717, 1.165) is 12.1 Å². The number of halogens is 3. The number of nitrogens with one attached hydrogen (secondary N) is 1. The molecule has 1 nitrogen and oxygen atoms in total. The summed E-state index contributed by atoms with van der Waals surface area (Å²) in [5.41, 5.74) is 1.75. The average Bonchev–Trinajstić information content (AvgIpc) is 2.38. The molecule has 0 saturated heterocycles. The Kier molecular flexibility index (Phi) is 4.73. The van der Waals surface area contributed by atoms with Crippen LogP contribution in [-0.4, -0.2) is 6.54 Å². The van der Waals surface area contributed by atoms with Crippen LogP contribution in [0.3, 0.4) is 0 Å². The summed E-state index contributed by atoms with van der Waals surface area (Å²) >= 11 is 5.83. The van der Waals surface area contributed by atoms with Crippen molar-refractivity contribution in [2.24, 2.45) is 0 Å². The van der Waals surface area contributed by atoms with Gasteiger partial charge in [0.2, 0.25) is 0 Å². The average molecular weight is 296 g/mol. The van der Waals surface area contributed by atoms with Gasteiger partial charge in [-0.1, -0.05) is 24.6 Å². The van der Waals surface area contributed by atoms with Crippen LogP contribution in [0.4, 0.5) is 8.78 Å². The smallest absolute Gasteiger partial charge is 0.131 e. The van der Waals surface area contributed by atoms with Gasteiger partial charge in [-0.2, -0.15) is 0 Å². The number of rotatable bonds is 4. The highest BCUT2D eigenvalue weighted by atomic mass is 35.5. The van der Waals surface area contributed by atoms with Gasteiger partial charge in [-0.3, -0.25) is 0 Å². The van der Waals surface area contributed by atoms with Crippen molar-refractivity contribution in [1.29, 1.82) is 0 Å². The SMILES string of the molecule is CCNC(C)c1ccc(F)c(-c2cc(F)cc(Cl)c2)c1. The minimum absolute atomic E-state index is 0.100. The maximum atomic E-state index is 14.0. The van der Waals surface area contributed by atoms with Gasteiger partial charge in [-0.25, -0.2) is 8.78 Å². The highest BCUT2D eigenvalue weighted by Gasteiger charge is 2.11. The Morgan fingerprint density at radius 3 is 2.55 bits per heavy atom. The van der Waals surface area contributed by atoms with Crippen LogP contribution in [0, 0.1) is 11.6 Å². The van der Waals surface area contributed by atoms with Gasteiger partial charge in [0.05, 0.1) is 0 Å². The first-order valence-electron chi connectivity index (χ1n) is 6.50. The van der Waals surface area contributed by atoms with Crippen LogP contribution >= 0.6 is 11.6 Å². The Balaban J connectivity index is 2.47. The maximum Gasteiger partial charge on any atom is 0.131 e. The van der Waals surface area contributed by atoms with Crippen LogP contribution in [0.15, 0.2) is 36.4 Å². The molecule has 0 fully saturated rings. The van der Waals surface area contributed by atoms with Gasteiger partial charge in [0.15, 0.2) is 0 Å². The summed E-state index contributed by atoms with van der Waals surface area (Å²) in [6.45, 7) is 4.83. The van der Waals surface area contributed by atoms with E-state index < -0.39 is 5.82 Å². The molecule has 20 heavy (non-hydrogen) atoms. The Labute approximate surface area is 122 Å². The van der Waals surface area contributed by atoms with Gasteiger partial charge in [0, 0.05) is 16.6 Å². The number of benzene rings is 2. The van der Waals surface area contributed by atoms with Crippen LogP contribution in [0.2, 0.25) is 5.02 Å². The van der Waals surface area contributed by atoms with Crippen molar-refractivity contribution in [2.45, 2.75) is 19.9 Å². The number of hydrogen-bond donors (Lipinski definition) is 1. The fraction of sp³-hybridized carbons (Fsp3) is 0.250. The summed E-state index contributed by atoms with van der Waals surface area (Å²) in [5.74, 6) is -0.865. The second-order valence-electron chi connectivity index (χ2n) is 4.68. The van der Waals surface area contributed by atoms with Gasteiger partial charge in [-0.15, -0.1) is 0 Å². The van der Waals surface area contributed by atoms with Gasteiger partial charge in [0.1, 0.15) is 11.6 Å². The minimum Gasteiger partial charge on any atom is -0.310 e. The molecular weight excluding hydrogens is 280 g/mol. The first-order chi connectivity index (χ1) is 9.51. The molecule has 0 spiro atoms. The molecule has 1 unspecified atom stereocenters. The fourth-order valence-corrected chi connectivity index (χ4v) is 2.39. The third kappa shape index (κ3) is 3.35. The molecule has 2 rings (SSSR count). The zero-order valence-corrected chi connectivity index (χ0v) is 12.1. The summed E-state index contributed by atoms with van der Waals surface area (Å²) in [4.78, 5) is 0. The van der Waals surface area contributed by atoms with Crippen molar-refractivity contribution in [1.82, 2.24) is 5.32 Å². The molecule has 0 radical (unpaired) electrons. The predicted molar refractivity (Wildman–Crippen MR) is 78.9 cm³/mol. The Morgan fingerprint density at radius 2 is 1.90 bits per heavy atom. The fourth-order valence-electron chi connectivity index (χ4n) is 2.17. The molecule has 2 aromatic rings. The molecule has 4 heteroatoms. The molecule has 0 heterocycles. The minimum atomic E-state index is -0.475. The number of hydrogen-bond acceptors (Lipinski definition) is 1. The summed E-state index contributed by atoms with van der Waals surface area (Å²) in [5, 5.41) is 3.51. The third-order valence-electron chi connectivity index (χ3n) is 3.17. The van der Waals surface area contributed by atoms with Gasteiger partial charge < -0.3 is 5.32 Å². The highest BCUT2D eigenvalue weighted by Crippen LogP contribution is 2.29. The van der Waals surface area contributed by atoms with Crippen molar-refractivity contribution >= 4 is 11.6 Å². The molecule has 1 atom stereocenters. The van der Waals surface area contributed by atoms with E-state index in [2.05, 4.69) is 5.32 Å². The van der Waals surface area contributed by atoms with Crippen molar-refractivity contribution in [2.75, 3.05) is 6.54 Å².